The third kappa shape index (κ3) is 2.90. The van der Waals surface area contributed by atoms with Crippen molar-refractivity contribution in [2.75, 3.05) is 18.1 Å². The lowest BCUT2D eigenvalue weighted by molar-refractivity contribution is -0.150. The average molecular weight is 445 g/mol. The van der Waals surface area contributed by atoms with Crippen molar-refractivity contribution in [3.05, 3.63) is 28.2 Å². The predicted octanol–water partition coefficient (Wildman–Crippen LogP) is 2.18. The number of nitrogens with zero attached hydrogens (tertiary/aromatic N) is 1. The van der Waals surface area contributed by atoms with Gasteiger partial charge >= 0.3 is 11.9 Å². The van der Waals surface area contributed by atoms with E-state index in [-0.39, 0.29) is 19.1 Å². The Morgan fingerprint density at radius 2 is 2.00 bits per heavy atom. The Labute approximate surface area is 183 Å². The number of ether oxygens (including phenoxy) is 3. The van der Waals surface area contributed by atoms with Crippen molar-refractivity contribution < 1.29 is 33.4 Å². The second kappa shape index (κ2) is 7.27. The molecule has 4 atom stereocenters. The Morgan fingerprint density at radius 3 is 2.74 bits per heavy atom. The van der Waals surface area contributed by atoms with Gasteiger partial charge in [-0.2, -0.15) is 0 Å². The van der Waals surface area contributed by atoms with Gasteiger partial charge in [-0.1, -0.05) is 6.08 Å². The van der Waals surface area contributed by atoms with Gasteiger partial charge in [-0.25, -0.2) is 9.69 Å². The van der Waals surface area contributed by atoms with Gasteiger partial charge in [-0.05, 0) is 44.2 Å². The molecule has 0 N–H and O–H groups in total. The van der Waals surface area contributed by atoms with E-state index in [1.54, 1.807) is 19.1 Å². The maximum atomic E-state index is 13.6. The standard InChI is InChI=1S/C22H23NO7S/c1-3-28-21(27)15-12-6-4-5-7-14(12)31-20(15)23-18(25)16-13-8-9-22(30-13,10-29-11(2)24)17(16)19(23)26/h8-9,13,16-17H,3-7,10H2,1-2H3/t13-,16+,17+,22+/m1/s1. The summed E-state index contributed by atoms with van der Waals surface area (Å²) < 4.78 is 16.4. The largest absolute Gasteiger partial charge is 0.462 e. The van der Waals surface area contributed by atoms with E-state index < -0.39 is 41.4 Å². The van der Waals surface area contributed by atoms with E-state index in [2.05, 4.69) is 0 Å². The average Bonchev–Trinajstić information content (AvgIpc) is 3.46. The van der Waals surface area contributed by atoms with Gasteiger partial charge in [0, 0.05) is 11.8 Å². The van der Waals surface area contributed by atoms with Gasteiger partial charge in [0.15, 0.2) is 0 Å². The third-order valence-electron chi connectivity index (χ3n) is 6.49. The lowest BCUT2D eigenvalue weighted by Crippen LogP contribution is -2.44. The maximum absolute atomic E-state index is 13.6. The van der Waals surface area contributed by atoms with Crippen LogP contribution in [0.1, 0.15) is 47.5 Å². The topological polar surface area (TPSA) is 99.2 Å². The quantitative estimate of drug-likeness (QED) is 0.389. The second-order valence-electron chi connectivity index (χ2n) is 8.30. The highest BCUT2D eigenvalue weighted by Crippen LogP contribution is 2.54. The molecule has 31 heavy (non-hydrogen) atoms. The molecule has 8 nitrogen and oxygen atoms in total. The fourth-order valence-corrected chi connectivity index (χ4v) is 6.59. The van der Waals surface area contributed by atoms with Crippen LogP contribution in [0.3, 0.4) is 0 Å². The van der Waals surface area contributed by atoms with Gasteiger partial charge in [0.2, 0.25) is 11.8 Å². The van der Waals surface area contributed by atoms with Gasteiger partial charge in [-0.15, -0.1) is 11.3 Å². The van der Waals surface area contributed by atoms with Gasteiger partial charge in [0.05, 0.1) is 30.1 Å². The van der Waals surface area contributed by atoms with Crippen LogP contribution in [0.5, 0.6) is 0 Å². The normalized spacial score (nSPS) is 30.5. The van der Waals surface area contributed by atoms with Gasteiger partial charge in [-0.3, -0.25) is 14.4 Å². The highest BCUT2D eigenvalue weighted by molar-refractivity contribution is 7.17. The number of aryl methyl sites for hydroxylation is 1. The number of hydrogen-bond acceptors (Lipinski definition) is 8. The van der Waals surface area contributed by atoms with E-state index in [1.807, 2.05) is 0 Å². The maximum Gasteiger partial charge on any atom is 0.341 e. The molecule has 0 radical (unpaired) electrons. The monoisotopic (exact) mass is 445 g/mol. The highest BCUT2D eigenvalue weighted by Gasteiger charge is 2.68. The van der Waals surface area contributed by atoms with Crippen LogP contribution < -0.4 is 4.90 Å². The minimum Gasteiger partial charge on any atom is -0.462 e. The second-order valence-corrected chi connectivity index (χ2v) is 9.39. The number of carbonyl (C=O) groups excluding carboxylic acids is 4. The van der Waals surface area contributed by atoms with Crippen LogP contribution in [0.15, 0.2) is 12.2 Å². The molecule has 2 bridgehead atoms. The molecule has 9 heteroatoms. The number of esters is 2. The van der Waals surface area contributed by atoms with Crippen molar-refractivity contribution in [1.82, 2.24) is 0 Å². The summed E-state index contributed by atoms with van der Waals surface area (Å²) in [5.41, 5.74) is 0.0940. The van der Waals surface area contributed by atoms with Crippen molar-refractivity contribution in [2.45, 2.75) is 51.2 Å². The lowest BCUT2D eigenvalue weighted by Gasteiger charge is -2.28. The molecule has 1 aromatic heterocycles. The summed E-state index contributed by atoms with van der Waals surface area (Å²) in [5, 5.41) is 0.358. The Balaban J connectivity index is 1.56. The first-order valence-corrected chi connectivity index (χ1v) is 11.4. The van der Waals surface area contributed by atoms with Crippen LogP contribution in [0.2, 0.25) is 0 Å². The van der Waals surface area contributed by atoms with E-state index in [0.717, 1.165) is 41.0 Å². The number of anilines is 1. The van der Waals surface area contributed by atoms with E-state index in [0.29, 0.717) is 10.6 Å². The van der Waals surface area contributed by atoms with E-state index in [1.165, 1.54) is 18.3 Å². The van der Waals surface area contributed by atoms with Gasteiger partial charge in [0.1, 0.15) is 17.2 Å². The van der Waals surface area contributed by atoms with E-state index >= 15 is 0 Å². The Bertz CT molecular complexity index is 1030. The molecular formula is C22H23NO7S. The van der Waals surface area contributed by atoms with Gasteiger partial charge < -0.3 is 14.2 Å². The van der Waals surface area contributed by atoms with E-state index in [9.17, 15) is 19.2 Å². The van der Waals surface area contributed by atoms with Crippen molar-refractivity contribution in [3.8, 4) is 0 Å². The number of hydrogen-bond donors (Lipinski definition) is 0. The zero-order valence-corrected chi connectivity index (χ0v) is 18.2. The van der Waals surface area contributed by atoms with Crippen molar-refractivity contribution >= 4 is 40.1 Å². The minimum absolute atomic E-state index is 0.130. The van der Waals surface area contributed by atoms with Crippen LogP contribution >= 0.6 is 11.3 Å². The molecule has 164 valence electrons. The third-order valence-corrected chi connectivity index (χ3v) is 7.77. The molecule has 0 aromatic carbocycles. The number of rotatable bonds is 5. The SMILES string of the molecule is CCOC(=O)c1c(N2C(=O)[C@@H]3[C@@H](C2=O)[C@@]2(COC(C)=O)C=C[C@H]3O2)sc2c1CCCC2. The molecule has 3 aliphatic heterocycles. The fourth-order valence-electron chi connectivity index (χ4n) is 5.20. The molecule has 0 spiro atoms. The molecule has 1 aromatic rings. The number of fused-ring (bicyclic) bond motifs is 6. The highest BCUT2D eigenvalue weighted by atomic mass is 32.1. The lowest BCUT2D eigenvalue weighted by atomic mass is 9.77. The van der Waals surface area contributed by atoms with Crippen LogP contribution in [0.25, 0.3) is 0 Å². The molecular weight excluding hydrogens is 422 g/mol. The summed E-state index contributed by atoms with van der Waals surface area (Å²) in [7, 11) is 0. The van der Waals surface area contributed by atoms with E-state index in [4.69, 9.17) is 14.2 Å². The zero-order chi connectivity index (χ0) is 21.9. The molecule has 4 heterocycles. The zero-order valence-electron chi connectivity index (χ0n) is 17.3. The summed E-state index contributed by atoms with van der Waals surface area (Å²) >= 11 is 1.34. The van der Waals surface area contributed by atoms with Crippen molar-refractivity contribution in [1.29, 1.82) is 0 Å². The van der Waals surface area contributed by atoms with Crippen LogP contribution in [0, 0.1) is 11.8 Å². The molecule has 2 fully saturated rings. The molecule has 5 rings (SSSR count). The molecule has 2 saturated heterocycles. The fraction of sp³-hybridized carbons (Fsp3) is 0.545. The summed E-state index contributed by atoms with van der Waals surface area (Å²) in [4.78, 5) is 53.5. The van der Waals surface area contributed by atoms with Crippen LogP contribution in [-0.4, -0.2) is 48.7 Å². The Morgan fingerprint density at radius 1 is 1.23 bits per heavy atom. The van der Waals surface area contributed by atoms with Crippen LogP contribution in [0.4, 0.5) is 5.00 Å². The number of amides is 2. The Hall–Kier alpha value is -2.52. The van der Waals surface area contributed by atoms with Crippen LogP contribution in [-0.2, 0) is 41.4 Å². The summed E-state index contributed by atoms with van der Waals surface area (Å²) in [6.45, 7) is 3.09. The number of imide groups is 1. The molecule has 1 aliphatic carbocycles. The molecule has 4 aliphatic rings. The molecule has 0 unspecified atom stereocenters. The first-order valence-electron chi connectivity index (χ1n) is 10.6. The summed E-state index contributed by atoms with van der Waals surface area (Å²) in [6, 6.07) is 0. The minimum atomic E-state index is -1.15. The molecule has 0 saturated carbocycles. The number of carbonyl (C=O) groups is 4. The first kappa shape index (κ1) is 20.4. The summed E-state index contributed by atoms with van der Waals surface area (Å²) in [6.07, 6.45) is 6.43. The number of thiophene rings is 1. The van der Waals surface area contributed by atoms with Crippen molar-refractivity contribution in [2.24, 2.45) is 11.8 Å². The predicted molar refractivity (Wildman–Crippen MR) is 110 cm³/mol. The molecule has 2 amide bonds. The van der Waals surface area contributed by atoms with Crippen molar-refractivity contribution in [3.63, 3.8) is 0 Å². The van der Waals surface area contributed by atoms with Gasteiger partial charge in [0.25, 0.3) is 0 Å². The summed E-state index contributed by atoms with van der Waals surface area (Å²) in [5.74, 6) is -3.26. The Kier molecular flexibility index (Phi) is 4.78. The first-order chi connectivity index (χ1) is 14.9. The smallest absolute Gasteiger partial charge is 0.341 e.